The maximum Gasteiger partial charge on any atom is 0.222 e. The molecule has 0 radical (unpaired) electrons. The van der Waals surface area contributed by atoms with Crippen LogP contribution in [0.25, 0.3) is 0 Å². The summed E-state index contributed by atoms with van der Waals surface area (Å²) in [5, 5.41) is 13.6. The van der Waals surface area contributed by atoms with Crippen LogP contribution < -0.4 is 10.1 Å². The van der Waals surface area contributed by atoms with Gasteiger partial charge in [-0.15, -0.1) is 0 Å². The summed E-state index contributed by atoms with van der Waals surface area (Å²) in [5.74, 6) is 0.763. The monoisotopic (exact) mass is 313 g/mol. The molecule has 1 heterocycles. The van der Waals surface area contributed by atoms with Crippen molar-refractivity contribution < 1.29 is 9.57 Å². The van der Waals surface area contributed by atoms with E-state index >= 15 is 0 Å². The molecule has 0 amide bonds. The molecule has 5 nitrogen and oxygen atoms in total. The Labute approximate surface area is 127 Å². The molecule has 7 heteroatoms. The smallest absolute Gasteiger partial charge is 0.222 e. The van der Waals surface area contributed by atoms with E-state index in [1.54, 1.807) is 14.0 Å². The van der Waals surface area contributed by atoms with Crippen molar-refractivity contribution in [3.63, 3.8) is 0 Å². The van der Waals surface area contributed by atoms with Crippen molar-refractivity contribution in [1.82, 2.24) is 10.4 Å². The van der Waals surface area contributed by atoms with Crippen molar-refractivity contribution in [2.24, 2.45) is 0 Å². The molecule has 0 saturated carbocycles. The Kier molecular flexibility index (Phi) is 4.29. The van der Waals surface area contributed by atoms with Crippen molar-refractivity contribution in [2.75, 3.05) is 7.11 Å². The van der Waals surface area contributed by atoms with Crippen LogP contribution in [0.5, 0.6) is 5.75 Å². The Hall–Kier alpha value is -1.61. The van der Waals surface area contributed by atoms with Gasteiger partial charge in [-0.1, -0.05) is 35.3 Å². The molecule has 0 aliphatic carbocycles. The summed E-state index contributed by atoms with van der Waals surface area (Å²) in [6.07, 6.45) is 0. The van der Waals surface area contributed by atoms with E-state index in [4.69, 9.17) is 32.8 Å². The maximum atomic E-state index is 9.20. The first kappa shape index (κ1) is 14.8. The van der Waals surface area contributed by atoms with E-state index in [1.165, 1.54) is 5.06 Å². The Balaban J connectivity index is 2.07. The standard InChI is InChI=1S/C13H13Cl2N3O2/c1-13(8-16)17-11(14)12(15)18(13)20-7-9-3-5-10(19-2)6-4-9/h3-6,17H,7H2,1-2H3. The number of ether oxygens (including phenoxy) is 1. The predicted octanol–water partition coefficient (Wildman–Crippen LogP) is 2.88. The molecule has 1 N–H and O–H groups in total. The van der Waals surface area contributed by atoms with Crippen LogP contribution in [0, 0.1) is 11.3 Å². The summed E-state index contributed by atoms with van der Waals surface area (Å²) in [7, 11) is 1.60. The minimum atomic E-state index is -1.12. The molecule has 0 bridgehead atoms. The second-order valence-electron chi connectivity index (χ2n) is 4.33. The van der Waals surface area contributed by atoms with Gasteiger partial charge in [-0.25, -0.2) is 0 Å². The number of methoxy groups -OCH3 is 1. The van der Waals surface area contributed by atoms with Gasteiger partial charge in [0.1, 0.15) is 23.6 Å². The second kappa shape index (κ2) is 5.80. The van der Waals surface area contributed by atoms with E-state index in [0.717, 1.165) is 11.3 Å². The number of hydrogen-bond acceptors (Lipinski definition) is 5. The molecule has 2 rings (SSSR count). The molecule has 1 aromatic carbocycles. The number of halogens is 2. The van der Waals surface area contributed by atoms with Gasteiger partial charge in [0.2, 0.25) is 5.66 Å². The lowest BCUT2D eigenvalue weighted by molar-refractivity contribution is -0.176. The average Bonchev–Trinajstić information content (AvgIpc) is 2.68. The molecular formula is C13H13Cl2N3O2. The highest BCUT2D eigenvalue weighted by molar-refractivity contribution is 6.39. The van der Waals surface area contributed by atoms with Gasteiger partial charge in [0.25, 0.3) is 0 Å². The van der Waals surface area contributed by atoms with Crippen LogP contribution in [0.3, 0.4) is 0 Å². The lowest BCUT2D eigenvalue weighted by Crippen LogP contribution is -2.48. The second-order valence-corrected chi connectivity index (χ2v) is 5.07. The molecule has 0 aromatic heterocycles. The quantitative estimate of drug-likeness (QED) is 0.866. The van der Waals surface area contributed by atoms with Crippen molar-refractivity contribution in [1.29, 1.82) is 5.26 Å². The Bertz CT molecular complexity index is 568. The normalized spacial score (nSPS) is 21.6. The zero-order chi connectivity index (χ0) is 14.8. The number of hydroxylamine groups is 2. The molecule has 106 valence electrons. The van der Waals surface area contributed by atoms with Gasteiger partial charge in [0.15, 0.2) is 5.16 Å². The summed E-state index contributed by atoms with van der Waals surface area (Å²) >= 11 is 11.9. The first-order chi connectivity index (χ1) is 9.50. The highest BCUT2D eigenvalue weighted by atomic mass is 35.5. The van der Waals surface area contributed by atoms with Crippen LogP contribution in [0.4, 0.5) is 0 Å². The first-order valence-electron chi connectivity index (χ1n) is 5.81. The highest BCUT2D eigenvalue weighted by Gasteiger charge is 2.42. The number of nitrogens with zero attached hydrogens (tertiary/aromatic N) is 2. The average molecular weight is 314 g/mol. The van der Waals surface area contributed by atoms with Gasteiger partial charge < -0.3 is 10.1 Å². The summed E-state index contributed by atoms with van der Waals surface area (Å²) in [6, 6.07) is 9.45. The summed E-state index contributed by atoms with van der Waals surface area (Å²) in [5.41, 5.74) is -0.209. The zero-order valence-electron chi connectivity index (χ0n) is 11.0. The fourth-order valence-electron chi connectivity index (χ4n) is 1.72. The summed E-state index contributed by atoms with van der Waals surface area (Å²) in [4.78, 5) is 5.58. The Morgan fingerprint density at radius 1 is 1.35 bits per heavy atom. The number of hydrogen-bond donors (Lipinski definition) is 1. The fourth-order valence-corrected chi connectivity index (χ4v) is 2.25. The first-order valence-corrected chi connectivity index (χ1v) is 6.56. The van der Waals surface area contributed by atoms with Crippen molar-refractivity contribution >= 4 is 23.2 Å². The third-order valence-electron chi connectivity index (χ3n) is 2.86. The number of rotatable bonds is 4. The largest absolute Gasteiger partial charge is 0.497 e. The molecular weight excluding hydrogens is 301 g/mol. The molecule has 1 unspecified atom stereocenters. The van der Waals surface area contributed by atoms with Crippen LogP contribution >= 0.6 is 23.2 Å². The number of benzene rings is 1. The van der Waals surface area contributed by atoms with Crippen LogP contribution in [-0.4, -0.2) is 17.8 Å². The van der Waals surface area contributed by atoms with Crippen molar-refractivity contribution in [3.8, 4) is 11.8 Å². The van der Waals surface area contributed by atoms with Gasteiger partial charge in [-0.05, 0) is 24.6 Å². The highest BCUT2D eigenvalue weighted by Crippen LogP contribution is 2.33. The molecule has 1 atom stereocenters. The van der Waals surface area contributed by atoms with Gasteiger partial charge in [0, 0.05) is 0 Å². The van der Waals surface area contributed by atoms with Crippen LogP contribution in [0.2, 0.25) is 0 Å². The Morgan fingerprint density at radius 2 is 2.00 bits per heavy atom. The molecule has 20 heavy (non-hydrogen) atoms. The van der Waals surface area contributed by atoms with Crippen LogP contribution in [0.1, 0.15) is 12.5 Å². The van der Waals surface area contributed by atoms with E-state index < -0.39 is 5.66 Å². The van der Waals surface area contributed by atoms with Gasteiger partial charge in [0.05, 0.1) is 7.11 Å². The van der Waals surface area contributed by atoms with Crippen molar-refractivity contribution in [3.05, 3.63) is 40.1 Å². The van der Waals surface area contributed by atoms with Crippen LogP contribution in [-0.2, 0) is 11.4 Å². The van der Waals surface area contributed by atoms with E-state index in [9.17, 15) is 5.26 Å². The molecule has 1 aromatic rings. The molecule has 0 saturated heterocycles. The summed E-state index contributed by atoms with van der Waals surface area (Å²) < 4.78 is 5.08. The number of nitriles is 1. The van der Waals surface area contributed by atoms with E-state index in [1.807, 2.05) is 24.3 Å². The van der Waals surface area contributed by atoms with E-state index in [-0.39, 0.29) is 16.9 Å². The SMILES string of the molecule is COc1ccc(CON2C(Cl)=C(Cl)NC2(C)C#N)cc1. The Morgan fingerprint density at radius 3 is 2.55 bits per heavy atom. The van der Waals surface area contributed by atoms with E-state index in [2.05, 4.69) is 11.4 Å². The predicted molar refractivity (Wildman–Crippen MR) is 75.5 cm³/mol. The minimum absolute atomic E-state index is 0.157. The van der Waals surface area contributed by atoms with Gasteiger partial charge in [-0.2, -0.15) is 10.3 Å². The van der Waals surface area contributed by atoms with Crippen LogP contribution in [0.15, 0.2) is 34.6 Å². The molecule has 0 spiro atoms. The lowest BCUT2D eigenvalue weighted by Gasteiger charge is -2.29. The fraction of sp³-hybridized carbons (Fsp3) is 0.308. The summed E-state index contributed by atoms with van der Waals surface area (Å²) in [6.45, 7) is 1.88. The molecule has 1 aliphatic rings. The molecule has 0 fully saturated rings. The lowest BCUT2D eigenvalue weighted by atomic mass is 10.2. The third kappa shape index (κ3) is 2.78. The topological polar surface area (TPSA) is 57.5 Å². The van der Waals surface area contributed by atoms with Crippen molar-refractivity contribution in [2.45, 2.75) is 19.2 Å². The maximum absolute atomic E-state index is 9.20. The minimum Gasteiger partial charge on any atom is -0.497 e. The number of nitrogens with one attached hydrogen (secondary N) is 1. The molecule has 1 aliphatic heterocycles. The third-order valence-corrected chi connectivity index (χ3v) is 3.57. The zero-order valence-corrected chi connectivity index (χ0v) is 12.5. The van der Waals surface area contributed by atoms with E-state index in [0.29, 0.717) is 0 Å². The van der Waals surface area contributed by atoms with Gasteiger partial charge >= 0.3 is 0 Å². The van der Waals surface area contributed by atoms with Gasteiger partial charge in [-0.3, -0.25) is 4.84 Å².